The van der Waals surface area contributed by atoms with Gasteiger partial charge in [0.05, 0.1) is 11.3 Å². The molecule has 0 aliphatic heterocycles. The summed E-state index contributed by atoms with van der Waals surface area (Å²) in [5.74, 6) is 0.251. The molecule has 0 unspecified atom stereocenters. The molecule has 0 saturated heterocycles. The van der Waals surface area contributed by atoms with Gasteiger partial charge in [-0.3, -0.25) is 0 Å². The second-order valence-electron chi connectivity index (χ2n) is 3.46. The lowest BCUT2D eigenvalue weighted by molar-refractivity contribution is -0.137. The molecule has 6 heteroatoms. The van der Waals surface area contributed by atoms with Gasteiger partial charge in [-0.05, 0) is 30.7 Å². The van der Waals surface area contributed by atoms with Crippen LogP contribution in [0.3, 0.4) is 0 Å². The number of benzene rings is 1. The van der Waals surface area contributed by atoms with E-state index in [0.29, 0.717) is 11.3 Å². The Labute approximate surface area is 100 Å². The van der Waals surface area contributed by atoms with Crippen LogP contribution in [0.2, 0.25) is 5.35 Å². The van der Waals surface area contributed by atoms with Gasteiger partial charge in [0.25, 0.3) is 5.35 Å². The summed E-state index contributed by atoms with van der Waals surface area (Å²) < 4.78 is 42.6. The number of aromatic nitrogens is 1. The van der Waals surface area contributed by atoms with Crippen LogP contribution in [0.15, 0.2) is 28.7 Å². The van der Waals surface area contributed by atoms with E-state index in [4.69, 9.17) is 16.0 Å². The monoisotopic (exact) mass is 261 g/mol. The van der Waals surface area contributed by atoms with Crippen molar-refractivity contribution in [1.82, 2.24) is 4.98 Å². The van der Waals surface area contributed by atoms with Crippen LogP contribution in [0.5, 0.6) is 0 Å². The van der Waals surface area contributed by atoms with Gasteiger partial charge in [0.15, 0.2) is 5.76 Å². The zero-order valence-corrected chi connectivity index (χ0v) is 9.43. The summed E-state index contributed by atoms with van der Waals surface area (Å²) in [5.41, 5.74) is 0.0213. The van der Waals surface area contributed by atoms with Gasteiger partial charge in [-0.2, -0.15) is 13.2 Å². The molecule has 1 aromatic carbocycles. The van der Waals surface area contributed by atoms with Crippen molar-refractivity contribution in [3.05, 3.63) is 40.9 Å². The van der Waals surface area contributed by atoms with Crippen LogP contribution in [-0.2, 0) is 6.18 Å². The van der Waals surface area contributed by atoms with E-state index in [1.807, 2.05) is 0 Å². The highest BCUT2D eigenvalue weighted by Crippen LogP contribution is 2.33. The number of alkyl halides is 3. The second-order valence-corrected chi connectivity index (χ2v) is 3.78. The Morgan fingerprint density at radius 3 is 2.53 bits per heavy atom. The summed E-state index contributed by atoms with van der Waals surface area (Å²) in [6.07, 6.45) is -4.38. The number of aryl methyl sites for hydroxylation is 1. The molecule has 0 fully saturated rings. The van der Waals surface area contributed by atoms with Crippen LogP contribution in [0.4, 0.5) is 13.2 Å². The number of hydrogen-bond donors (Lipinski definition) is 0. The molecule has 0 radical (unpaired) electrons. The third-order valence-corrected chi connectivity index (χ3v) is 2.38. The molecule has 2 nitrogen and oxygen atoms in total. The largest absolute Gasteiger partial charge is 0.427 e. The van der Waals surface area contributed by atoms with Crippen LogP contribution in [-0.4, -0.2) is 4.98 Å². The molecular weight excluding hydrogens is 255 g/mol. The van der Waals surface area contributed by atoms with Gasteiger partial charge in [0.2, 0.25) is 0 Å². The van der Waals surface area contributed by atoms with Crippen LogP contribution in [0, 0.1) is 6.92 Å². The Kier molecular flexibility index (Phi) is 2.87. The molecule has 0 N–H and O–H groups in total. The van der Waals surface area contributed by atoms with E-state index in [1.54, 1.807) is 6.92 Å². The molecule has 2 rings (SSSR count). The van der Waals surface area contributed by atoms with E-state index in [9.17, 15) is 13.2 Å². The van der Waals surface area contributed by atoms with Gasteiger partial charge in [-0.25, -0.2) is 4.98 Å². The Morgan fingerprint density at radius 1 is 1.29 bits per heavy atom. The smallest absolute Gasteiger partial charge is 0.416 e. The molecule has 90 valence electrons. The highest BCUT2D eigenvalue weighted by atomic mass is 35.5. The van der Waals surface area contributed by atoms with Crippen molar-refractivity contribution in [3.8, 4) is 11.3 Å². The van der Waals surface area contributed by atoms with Crippen molar-refractivity contribution in [3.63, 3.8) is 0 Å². The fraction of sp³-hybridized carbons (Fsp3) is 0.182. The van der Waals surface area contributed by atoms with E-state index in [1.165, 1.54) is 12.1 Å². The van der Waals surface area contributed by atoms with Gasteiger partial charge in [0.1, 0.15) is 0 Å². The number of nitrogens with zero attached hydrogens (tertiary/aromatic N) is 1. The summed E-state index contributed by atoms with van der Waals surface area (Å²) in [6, 6.07) is 4.83. The van der Waals surface area contributed by atoms with Crippen LogP contribution >= 0.6 is 11.6 Å². The fourth-order valence-corrected chi connectivity index (χ4v) is 1.67. The summed E-state index contributed by atoms with van der Waals surface area (Å²) >= 11 is 5.55. The summed E-state index contributed by atoms with van der Waals surface area (Å²) in [7, 11) is 0. The van der Waals surface area contributed by atoms with E-state index in [2.05, 4.69) is 4.98 Å². The highest BCUT2D eigenvalue weighted by molar-refractivity contribution is 6.27. The molecule has 0 amide bonds. The maximum absolute atomic E-state index is 12.5. The third kappa shape index (κ3) is 2.44. The summed E-state index contributed by atoms with van der Waals surface area (Å²) in [5, 5.41) is -0.0880. The van der Waals surface area contributed by atoms with Gasteiger partial charge in [-0.15, -0.1) is 0 Å². The highest BCUT2D eigenvalue weighted by Gasteiger charge is 2.30. The average Bonchev–Trinajstić information content (AvgIpc) is 2.57. The lowest BCUT2D eigenvalue weighted by Gasteiger charge is -2.07. The molecule has 0 aliphatic carbocycles. The minimum Gasteiger partial charge on any atom is -0.427 e. The minimum absolute atomic E-state index is 0.0880. The normalized spacial score (nSPS) is 11.8. The molecule has 1 heterocycles. The Balaban J connectivity index is 2.50. The topological polar surface area (TPSA) is 26.0 Å². The number of oxazole rings is 1. The second kappa shape index (κ2) is 4.07. The Hall–Kier alpha value is -1.49. The molecule has 0 saturated carbocycles. The van der Waals surface area contributed by atoms with Crippen molar-refractivity contribution in [2.45, 2.75) is 13.1 Å². The molecular formula is C11H7ClF3NO. The molecule has 0 aliphatic rings. The van der Waals surface area contributed by atoms with Crippen molar-refractivity contribution < 1.29 is 17.6 Å². The summed E-state index contributed by atoms with van der Waals surface area (Å²) in [4.78, 5) is 3.80. The van der Waals surface area contributed by atoms with Gasteiger partial charge in [0, 0.05) is 5.56 Å². The Morgan fingerprint density at radius 2 is 2.00 bits per heavy atom. The quantitative estimate of drug-likeness (QED) is 0.764. The SMILES string of the molecule is Cc1nc(Cl)oc1-c1cccc(C(F)(F)F)c1. The van der Waals surface area contributed by atoms with Crippen molar-refractivity contribution in [1.29, 1.82) is 0 Å². The lowest BCUT2D eigenvalue weighted by atomic mass is 10.1. The number of halogens is 4. The van der Waals surface area contributed by atoms with E-state index < -0.39 is 11.7 Å². The van der Waals surface area contributed by atoms with E-state index in [0.717, 1.165) is 12.1 Å². The van der Waals surface area contributed by atoms with Crippen LogP contribution in [0.1, 0.15) is 11.3 Å². The van der Waals surface area contributed by atoms with Gasteiger partial charge in [-0.1, -0.05) is 12.1 Å². The molecule has 0 atom stereocenters. The third-order valence-electron chi connectivity index (χ3n) is 2.22. The standard InChI is InChI=1S/C11H7ClF3NO/c1-6-9(17-10(12)16-6)7-3-2-4-8(5-7)11(13,14)15/h2-5H,1H3. The number of hydrogen-bond acceptors (Lipinski definition) is 2. The summed E-state index contributed by atoms with van der Waals surface area (Å²) in [6.45, 7) is 1.62. The zero-order chi connectivity index (χ0) is 12.6. The maximum atomic E-state index is 12.5. The molecule has 17 heavy (non-hydrogen) atoms. The van der Waals surface area contributed by atoms with Gasteiger partial charge >= 0.3 is 6.18 Å². The number of rotatable bonds is 1. The van der Waals surface area contributed by atoms with Crippen molar-refractivity contribution >= 4 is 11.6 Å². The van der Waals surface area contributed by atoms with E-state index >= 15 is 0 Å². The predicted molar refractivity (Wildman–Crippen MR) is 56.7 cm³/mol. The lowest BCUT2D eigenvalue weighted by Crippen LogP contribution is -2.04. The fourth-order valence-electron chi connectivity index (χ4n) is 1.47. The first kappa shape index (κ1) is 12.0. The maximum Gasteiger partial charge on any atom is 0.416 e. The van der Waals surface area contributed by atoms with Crippen LogP contribution in [0.25, 0.3) is 11.3 Å². The predicted octanol–water partition coefficient (Wildman–Crippen LogP) is 4.32. The molecule has 0 spiro atoms. The van der Waals surface area contributed by atoms with Gasteiger partial charge < -0.3 is 4.42 Å². The van der Waals surface area contributed by atoms with E-state index in [-0.39, 0.29) is 11.1 Å². The first-order valence-corrected chi connectivity index (χ1v) is 5.06. The minimum atomic E-state index is -4.38. The Bertz CT molecular complexity index is 548. The van der Waals surface area contributed by atoms with Crippen LogP contribution < -0.4 is 0 Å². The first-order chi connectivity index (χ1) is 7.88. The van der Waals surface area contributed by atoms with Crippen molar-refractivity contribution in [2.24, 2.45) is 0 Å². The molecule has 1 aromatic heterocycles. The zero-order valence-electron chi connectivity index (χ0n) is 8.68. The molecule has 2 aromatic rings. The first-order valence-electron chi connectivity index (χ1n) is 4.68. The molecule has 0 bridgehead atoms. The van der Waals surface area contributed by atoms with Crippen molar-refractivity contribution in [2.75, 3.05) is 0 Å². The average molecular weight is 262 g/mol.